The molecular weight excluding hydrogens is 272 g/mol. The Hall–Kier alpha value is -1.88. The Balaban J connectivity index is 1.77. The summed E-state index contributed by atoms with van der Waals surface area (Å²) in [6, 6.07) is 13.0. The van der Waals surface area contributed by atoms with Crippen molar-refractivity contribution < 1.29 is 0 Å². The summed E-state index contributed by atoms with van der Waals surface area (Å²) in [5, 5.41) is 17.8. The molecule has 0 N–H and O–H groups in total. The van der Waals surface area contributed by atoms with Crippen LogP contribution in [0.2, 0.25) is 0 Å². The highest BCUT2D eigenvalue weighted by Gasteiger charge is 2.20. The molecule has 4 nitrogen and oxygen atoms in total. The second kappa shape index (κ2) is 8.54. The van der Waals surface area contributed by atoms with Crippen molar-refractivity contribution in [1.82, 2.24) is 9.80 Å². The number of aryl methyl sites for hydroxylation is 1. The van der Waals surface area contributed by atoms with E-state index in [-0.39, 0.29) is 5.92 Å². The van der Waals surface area contributed by atoms with Crippen molar-refractivity contribution in [3.05, 3.63) is 35.4 Å². The molecule has 1 unspecified atom stereocenters. The normalized spacial score (nSPS) is 17.6. The number of piperazine rings is 1. The van der Waals surface area contributed by atoms with E-state index in [0.29, 0.717) is 12.8 Å². The maximum absolute atomic E-state index is 9.16. The topological polar surface area (TPSA) is 54.1 Å². The minimum Gasteiger partial charge on any atom is -0.299 e. The molecule has 1 aromatic carbocycles. The molecule has 1 atom stereocenters. The number of hydrogen-bond acceptors (Lipinski definition) is 4. The van der Waals surface area contributed by atoms with Crippen LogP contribution in [0.4, 0.5) is 0 Å². The molecule has 1 heterocycles. The predicted molar refractivity (Wildman–Crippen MR) is 86.8 cm³/mol. The van der Waals surface area contributed by atoms with Gasteiger partial charge in [-0.1, -0.05) is 24.3 Å². The fourth-order valence-corrected chi connectivity index (χ4v) is 2.91. The summed E-state index contributed by atoms with van der Waals surface area (Å²) >= 11 is 0. The van der Waals surface area contributed by atoms with Crippen LogP contribution >= 0.6 is 0 Å². The first-order valence-electron chi connectivity index (χ1n) is 7.98. The molecule has 22 heavy (non-hydrogen) atoms. The summed E-state index contributed by atoms with van der Waals surface area (Å²) in [7, 11) is 0. The van der Waals surface area contributed by atoms with E-state index >= 15 is 0 Å². The zero-order valence-electron chi connectivity index (χ0n) is 13.3. The van der Waals surface area contributed by atoms with Crippen molar-refractivity contribution in [1.29, 1.82) is 10.5 Å². The Morgan fingerprint density at radius 3 is 2.41 bits per heavy atom. The van der Waals surface area contributed by atoms with Crippen molar-refractivity contribution in [3.63, 3.8) is 0 Å². The molecule has 1 saturated heterocycles. The van der Waals surface area contributed by atoms with Crippen LogP contribution < -0.4 is 0 Å². The Bertz CT molecular complexity index is 547. The average molecular weight is 296 g/mol. The molecule has 0 radical (unpaired) electrons. The van der Waals surface area contributed by atoms with Crippen LogP contribution in [-0.4, -0.2) is 42.5 Å². The zero-order valence-corrected chi connectivity index (χ0v) is 13.3. The van der Waals surface area contributed by atoms with Gasteiger partial charge in [-0.15, -0.1) is 0 Å². The summed E-state index contributed by atoms with van der Waals surface area (Å²) in [6.07, 6.45) is 1.17. The van der Waals surface area contributed by atoms with Crippen LogP contribution in [0, 0.1) is 35.5 Å². The first kappa shape index (κ1) is 16.5. The lowest BCUT2D eigenvalue weighted by Gasteiger charge is -2.35. The van der Waals surface area contributed by atoms with E-state index in [9.17, 15) is 0 Å². The van der Waals surface area contributed by atoms with Crippen LogP contribution in [0.5, 0.6) is 0 Å². The van der Waals surface area contributed by atoms with E-state index in [1.807, 2.05) is 0 Å². The van der Waals surface area contributed by atoms with Crippen LogP contribution in [0.3, 0.4) is 0 Å². The first-order valence-corrected chi connectivity index (χ1v) is 7.98. The SMILES string of the molecule is Cc1ccccc1CN1CCN(CC(C#N)CCC#N)CC1. The molecule has 0 saturated carbocycles. The van der Waals surface area contributed by atoms with E-state index in [2.05, 4.69) is 53.1 Å². The van der Waals surface area contributed by atoms with Gasteiger partial charge in [0.2, 0.25) is 0 Å². The van der Waals surface area contributed by atoms with Crippen LogP contribution in [0.1, 0.15) is 24.0 Å². The van der Waals surface area contributed by atoms with Crippen LogP contribution in [-0.2, 0) is 6.54 Å². The lowest BCUT2D eigenvalue weighted by atomic mass is 10.0. The summed E-state index contributed by atoms with van der Waals surface area (Å²) < 4.78 is 0. The number of nitriles is 2. The lowest BCUT2D eigenvalue weighted by Crippen LogP contribution is -2.47. The second-order valence-electron chi connectivity index (χ2n) is 6.03. The fourth-order valence-electron chi connectivity index (χ4n) is 2.91. The first-order chi connectivity index (χ1) is 10.7. The largest absolute Gasteiger partial charge is 0.299 e. The van der Waals surface area contributed by atoms with Gasteiger partial charge in [-0.05, 0) is 24.5 Å². The predicted octanol–water partition coefficient (Wildman–Crippen LogP) is 2.56. The highest BCUT2D eigenvalue weighted by molar-refractivity contribution is 5.25. The van der Waals surface area contributed by atoms with Crippen molar-refractivity contribution in [2.75, 3.05) is 32.7 Å². The Labute approximate surface area is 133 Å². The van der Waals surface area contributed by atoms with Gasteiger partial charge in [0.25, 0.3) is 0 Å². The van der Waals surface area contributed by atoms with E-state index in [1.165, 1.54) is 11.1 Å². The number of rotatable bonds is 6. The molecule has 0 aliphatic carbocycles. The molecule has 0 bridgehead atoms. The molecule has 1 aliphatic rings. The van der Waals surface area contributed by atoms with Crippen molar-refractivity contribution >= 4 is 0 Å². The molecule has 0 aromatic heterocycles. The third-order valence-electron chi connectivity index (χ3n) is 4.39. The smallest absolute Gasteiger partial charge is 0.0669 e. The van der Waals surface area contributed by atoms with Gasteiger partial charge in [0.15, 0.2) is 0 Å². The number of hydrogen-bond donors (Lipinski definition) is 0. The maximum atomic E-state index is 9.16. The molecule has 1 fully saturated rings. The van der Waals surface area contributed by atoms with Gasteiger partial charge in [-0.2, -0.15) is 10.5 Å². The molecule has 0 amide bonds. The van der Waals surface area contributed by atoms with Crippen molar-refractivity contribution in [3.8, 4) is 12.1 Å². The van der Waals surface area contributed by atoms with Gasteiger partial charge >= 0.3 is 0 Å². The van der Waals surface area contributed by atoms with Gasteiger partial charge in [-0.25, -0.2) is 0 Å². The standard InChI is InChI=1S/C18H24N4/c1-16-5-2-3-7-18(16)15-22-11-9-21(10-12-22)14-17(13-20)6-4-8-19/h2-3,5,7,17H,4,6,9-12,14-15H2,1H3. The third-order valence-corrected chi connectivity index (χ3v) is 4.39. The van der Waals surface area contributed by atoms with Crippen molar-refractivity contribution in [2.24, 2.45) is 5.92 Å². The van der Waals surface area contributed by atoms with E-state index in [4.69, 9.17) is 10.5 Å². The molecule has 1 aromatic rings. The maximum Gasteiger partial charge on any atom is 0.0669 e. The van der Waals surface area contributed by atoms with Crippen LogP contribution in [0.15, 0.2) is 24.3 Å². The summed E-state index contributed by atoms with van der Waals surface area (Å²) in [5.74, 6) is -0.0115. The molecule has 1 aliphatic heterocycles. The van der Waals surface area contributed by atoms with Gasteiger partial charge in [-0.3, -0.25) is 9.80 Å². The highest BCUT2D eigenvalue weighted by atomic mass is 15.3. The van der Waals surface area contributed by atoms with Gasteiger partial charge in [0.1, 0.15) is 0 Å². The van der Waals surface area contributed by atoms with Gasteiger partial charge in [0.05, 0.1) is 18.1 Å². The quantitative estimate of drug-likeness (QED) is 0.809. The third kappa shape index (κ3) is 4.84. The summed E-state index contributed by atoms with van der Waals surface area (Å²) in [4.78, 5) is 4.84. The molecule has 4 heteroatoms. The Morgan fingerprint density at radius 1 is 1.09 bits per heavy atom. The Morgan fingerprint density at radius 2 is 1.77 bits per heavy atom. The molecule has 2 rings (SSSR count). The van der Waals surface area contributed by atoms with Crippen LogP contribution in [0.25, 0.3) is 0 Å². The minimum absolute atomic E-state index is 0.0115. The highest BCUT2D eigenvalue weighted by Crippen LogP contribution is 2.14. The number of nitrogens with zero attached hydrogens (tertiary/aromatic N) is 4. The molecule has 116 valence electrons. The fraction of sp³-hybridized carbons (Fsp3) is 0.556. The molecule has 0 spiro atoms. The minimum atomic E-state index is -0.0115. The van der Waals surface area contributed by atoms with Gasteiger partial charge in [0, 0.05) is 45.7 Å². The Kier molecular flexibility index (Phi) is 6.40. The molecular formula is C18H24N4. The van der Waals surface area contributed by atoms with E-state index in [1.54, 1.807) is 0 Å². The van der Waals surface area contributed by atoms with E-state index < -0.39 is 0 Å². The van der Waals surface area contributed by atoms with E-state index in [0.717, 1.165) is 39.3 Å². The monoisotopic (exact) mass is 296 g/mol. The summed E-state index contributed by atoms with van der Waals surface area (Å²) in [6.45, 7) is 8.09. The second-order valence-corrected chi connectivity index (χ2v) is 6.03. The number of benzene rings is 1. The summed E-state index contributed by atoms with van der Waals surface area (Å²) in [5.41, 5.74) is 2.76. The van der Waals surface area contributed by atoms with Crippen molar-refractivity contribution in [2.45, 2.75) is 26.3 Å². The average Bonchev–Trinajstić information content (AvgIpc) is 2.55. The zero-order chi connectivity index (χ0) is 15.8. The van der Waals surface area contributed by atoms with Gasteiger partial charge < -0.3 is 0 Å². The lowest BCUT2D eigenvalue weighted by molar-refractivity contribution is 0.118.